The third-order valence-electron chi connectivity index (χ3n) is 2.67. The van der Waals surface area contributed by atoms with E-state index in [1.807, 2.05) is 0 Å². The Balaban J connectivity index is 2.15. The molecule has 2 rings (SSSR count). The maximum atomic E-state index is 13.6. The van der Waals surface area contributed by atoms with Gasteiger partial charge in [-0.2, -0.15) is 0 Å². The molecule has 0 bridgehead atoms. The van der Waals surface area contributed by atoms with Gasteiger partial charge in [-0.05, 0) is 23.7 Å². The quantitative estimate of drug-likeness (QED) is 0.832. The van der Waals surface area contributed by atoms with Crippen molar-refractivity contribution in [2.24, 2.45) is 0 Å². The van der Waals surface area contributed by atoms with E-state index in [-0.39, 0.29) is 17.6 Å². The van der Waals surface area contributed by atoms with Crippen molar-refractivity contribution in [1.29, 1.82) is 0 Å². The van der Waals surface area contributed by atoms with Crippen molar-refractivity contribution in [3.05, 3.63) is 59.4 Å². The summed E-state index contributed by atoms with van der Waals surface area (Å²) in [5.41, 5.74) is 0.0142. The molecule has 0 amide bonds. The molecule has 20 heavy (non-hydrogen) atoms. The van der Waals surface area contributed by atoms with Crippen LogP contribution in [0.4, 0.5) is 13.2 Å². The van der Waals surface area contributed by atoms with Gasteiger partial charge >= 0.3 is 7.12 Å². The van der Waals surface area contributed by atoms with E-state index < -0.39 is 30.3 Å². The molecule has 0 aliphatic rings. The van der Waals surface area contributed by atoms with Crippen LogP contribution in [0.15, 0.2) is 36.4 Å². The second-order valence-electron chi connectivity index (χ2n) is 4.06. The number of benzene rings is 2. The van der Waals surface area contributed by atoms with Gasteiger partial charge in [0.15, 0.2) is 17.4 Å². The zero-order valence-electron chi connectivity index (χ0n) is 10.2. The summed E-state index contributed by atoms with van der Waals surface area (Å²) in [6.07, 6.45) is 0. The first-order valence-electron chi connectivity index (χ1n) is 5.70. The van der Waals surface area contributed by atoms with Crippen LogP contribution in [-0.4, -0.2) is 17.2 Å². The van der Waals surface area contributed by atoms with Gasteiger partial charge in [-0.1, -0.05) is 18.2 Å². The molecule has 0 saturated heterocycles. The van der Waals surface area contributed by atoms with Gasteiger partial charge in [-0.25, -0.2) is 13.2 Å². The van der Waals surface area contributed by atoms with E-state index in [1.165, 1.54) is 18.2 Å². The molecule has 0 radical (unpaired) electrons. The van der Waals surface area contributed by atoms with Crippen LogP contribution in [0.2, 0.25) is 0 Å². The number of hydrogen-bond donors (Lipinski definition) is 2. The van der Waals surface area contributed by atoms with E-state index >= 15 is 0 Å². The molecule has 104 valence electrons. The molecule has 0 saturated carbocycles. The molecule has 7 heteroatoms. The molecule has 0 aliphatic carbocycles. The number of para-hydroxylation sites is 1. The van der Waals surface area contributed by atoms with E-state index in [0.29, 0.717) is 0 Å². The normalized spacial score (nSPS) is 10.4. The van der Waals surface area contributed by atoms with E-state index in [9.17, 15) is 13.2 Å². The van der Waals surface area contributed by atoms with Crippen LogP contribution in [0.5, 0.6) is 5.75 Å². The lowest BCUT2D eigenvalue weighted by molar-refractivity contribution is 0.269. The third kappa shape index (κ3) is 3.12. The van der Waals surface area contributed by atoms with Crippen molar-refractivity contribution < 1.29 is 28.0 Å². The number of halogens is 3. The zero-order chi connectivity index (χ0) is 14.7. The molecule has 0 fully saturated rings. The van der Waals surface area contributed by atoms with Gasteiger partial charge < -0.3 is 14.8 Å². The van der Waals surface area contributed by atoms with Gasteiger partial charge in [-0.15, -0.1) is 0 Å². The Kier molecular flexibility index (Phi) is 4.31. The molecule has 0 aromatic heterocycles. The smallest absolute Gasteiger partial charge is 0.483 e. The van der Waals surface area contributed by atoms with Gasteiger partial charge in [0.2, 0.25) is 0 Å². The summed E-state index contributed by atoms with van der Waals surface area (Å²) in [6, 6.07) is 6.70. The molecule has 0 atom stereocenters. The minimum absolute atomic E-state index is 0.0247. The van der Waals surface area contributed by atoms with Crippen LogP contribution in [0, 0.1) is 17.5 Å². The molecule has 0 aliphatic heterocycles. The molecule has 3 nitrogen and oxygen atoms in total. The Bertz CT molecular complexity index is 600. The maximum absolute atomic E-state index is 13.6. The van der Waals surface area contributed by atoms with Crippen molar-refractivity contribution in [1.82, 2.24) is 0 Å². The Labute approximate surface area is 113 Å². The Morgan fingerprint density at radius 3 is 2.15 bits per heavy atom. The topological polar surface area (TPSA) is 49.7 Å². The Hall–Kier alpha value is -1.99. The van der Waals surface area contributed by atoms with Crippen LogP contribution in [0.3, 0.4) is 0 Å². The monoisotopic (exact) mass is 282 g/mol. The zero-order valence-corrected chi connectivity index (χ0v) is 10.2. The summed E-state index contributed by atoms with van der Waals surface area (Å²) >= 11 is 0. The molecule has 0 heterocycles. The molecule has 2 N–H and O–H groups in total. The van der Waals surface area contributed by atoms with Crippen molar-refractivity contribution in [3.63, 3.8) is 0 Å². The number of ether oxygens (including phenoxy) is 1. The van der Waals surface area contributed by atoms with Crippen molar-refractivity contribution >= 4 is 12.6 Å². The average molecular weight is 282 g/mol. The Morgan fingerprint density at radius 1 is 0.950 bits per heavy atom. The summed E-state index contributed by atoms with van der Waals surface area (Å²) in [5.74, 6) is -3.11. The summed E-state index contributed by atoms with van der Waals surface area (Å²) in [7, 11) is -1.79. The maximum Gasteiger partial charge on any atom is 0.488 e. The minimum Gasteiger partial charge on any atom is -0.483 e. The molecule has 2 aromatic carbocycles. The first-order chi connectivity index (χ1) is 9.49. The summed E-state index contributed by atoms with van der Waals surface area (Å²) < 4.78 is 45.1. The van der Waals surface area contributed by atoms with Gasteiger partial charge in [0.1, 0.15) is 12.4 Å². The fourth-order valence-corrected chi connectivity index (χ4v) is 1.61. The lowest BCUT2D eigenvalue weighted by Crippen LogP contribution is -2.30. The van der Waals surface area contributed by atoms with E-state index in [1.54, 1.807) is 0 Å². The minimum atomic E-state index is -1.79. The SMILES string of the molecule is OB(O)c1ccc(COc2c(F)cccc2F)c(F)c1. The second-order valence-corrected chi connectivity index (χ2v) is 4.06. The highest BCUT2D eigenvalue weighted by atomic mass is 19.1. The van der Waals surface area contributed by atoms with Gasteiger partial charge in [-0.3, -0.25) is 0 Å². The standard InChI is InChI=1S/C13H10BF3O3/c15-10-2-1-3-11(16)13(10)20-7-8-4-5-9(14(18)19)6-12(8)17/h1-6,18-19H,7H2. The van der Waals surface area contributed by atoms with Crippen molar-refractivity contribution in [2.75, 3.05) is 0 Å². The summed E-state index contributed by atoms with van der Waals surface area (Å²) in [5, 5.41) is 17.8. The van der Waals surface area contributed by atoms with Crippen molar-refractivity contribution in [2.45, 2.75) is 6.61 Å². The van der Waals surface area contributed by atoms with Gasteiger partial charge in [0.05, 0.1) is 0 Å². The highest BCUT2D eigenvalue weighted by Gasteiger charge is 2.15. The van der Waals surface area contributed by atoms with Gasteiger partial charge in [0.25, 0.3) is 0 Å². The first-order valence-corrected chi connectivity index (χ1v) is 5.70. The predicted molar refractivity (Wildman–Crippen MR) is 66.9 cm³/mol. The first kappa shape index (κ1) is 14.4. The Morgan fingerprint density at radius 2 is 1.60 bits per heavy atom. The largest absolute Gasteiger partial charge is 0.488 e. The lowest BCUT2D eigenvalue weighted by Gasteiger charge is -2.09. The van der Waals surface area contributed by atoms with E-state index in [0.717, 1.165) is 18.2 Å². The lowest BCUT2D eigenvalue weighted by atomic mass is 9.80. The fourth-order valence-electron chi connectivity index (χ4n) is 1.61. The van der Waals surface area contributed by atoms with Crippen LogP contribution < -0.4 is 10.2 Å². The highest BCUT2D eigenvalue weighted by Crippen LogP contribution is 2.22. The van der Waals surface area contributed by atoms with Crippen LogP contribution in [0.25, 0.3) is 0 Å². The number of rotatable bonds is 4. The third-order valence-corrected chi connectivity index (χ3v) is 2.67. The predicted octanol–water partition coefficient (Wildman–Crippen LogP) is 1.36. The highest BCUT2D eigenvalue weighted by molar-refractivity contribution is 6.58. The number of hydrogen-bond acceptors (Lipinski definition) is 3. The molecular weight excluding hydrogens is 272 g/mol. The van der Waals surface area contributed by atoms with E-state index in [4.69, 9.17) is 14.8 Å². The van der Waals surface area contributed by atoms with Crippen LogP contribution >= 0.6 is 0 Å². The average Bonchev–Trinajstić information content (AvgIpc) is 2.39. The van der Waals surface area contributed by atoms with Crippen LogP contribution in [-0.2, 0) is 6.61 Å². The van der Waals surface area contributed by atoms with Crippen molar-refractivity contribution in [3.8, 4) is 5.75 Å². The molecule has 0 spiro atoms. The van der Waals surface area contributed by atoms with Gasteiger partial charge in [0, 0.05) is 5.56 Å². The van der Waals surface area contributed by atoms with Crippen LogP contribution in [0.1, 0.15) is 5.56 Å². The second kappa shape index (κ2) is 5.98. The van der Waals surface area contributed by atoms with E-state index in [2.05, 4.69) is 0 Å². The summed E-state index contributed by atoms with van der Waals surface area (Å²) in [4.78, 5) is 0. The summed E-state index contributed by atoms with van der Waals surface area (Å²) in [6.45, 7) is -0.383. The molecule has 2 aromatic rings. The molecule has 0 unspecified atom stereocenters. The fraction of sp³-hybridized carbons (Fsp3) is 0.0769. The molecular formula is C13H10BF3O3.